The molecule has 750 valence electrons. The summed E-state index contributed by atoms with van der Waals surface area (Å²) in [6, 6.07) is 120. The molecular formula is C136H158O8. The predicted molar refractivity (Wildman–Crippen MR) is 603 cm³/mol. The highest BCUT2D eigenvalue weighted by molar-refractivity contribution is 5.94. The number of rotatable bonds is 31. The zero-order chi connectivity index (χ0) is 104. The first-order valence-electron chi connectivity index (χ1n) is 52.0. The second kappa shape index (κ2) is 52.6. The van der Waals surface area contributed by atoms with Crippen LogP contribution in [-0.4, -0.2) is 45.6 Å². The van der Waals surface area contributed by atoms with Crippen LogP contribution in [0.5, 0.6) is 23.0 Å². The van der Waals surface area contributed by atoms with Crippen molar-refractivity contribution >= 4 is 11.9 Å². The fourth-order valence-corrected chi connectivity index (χ4v) is 17.9. The normalized spacial score (nSPS) is 11.5. The van der Waals surface area contributed by atoms with E-state index >= 15 is 0 Å². The Kier molecular flexibility index (Phi) is 40.5. The minimum Gasteiger partial charge on any atom is -0.507 e. The molecule has 0 saturated heterocycles. The molecule has 0 aromatic heterocycles. The highest BCUT2D eigenvalue weighted by Gasteiger charge is 2.29. The van der Waals surface area contributed by atoms with Crippen molar-refractivity contribution in [3.05, 3.63) is 507 Å². The monoisotopic (exact) mass is 1920 g/mol. The number of phenolic OH excluding ortho intramolecular Hbond substituents is 4. The Morgan fingerprint density at radius 1 is 0.222 bits per heavy atom. The maximum Gasteiger partial charge on any atom is 0.341 e. The van der Waals surface area contributed by atoms with Gasteiger partial charge in [-0.15, -0.1) is 0 Å². The number of ether oxygens (including phenoxy) is 2. The van der Waals surface area contributed by atoms with E-state index in [0.717, 1.165) is 148 Å². The summed E-state index contributed by atoms with van der Waals surface area (Å²) in [7, 11) is 0. The van der Waals surface area contributed by atoms with Crippen LogP contribution in [0.1, 0.15) is 307 Å². The topological polar surface area (TPSA) is 134 Å². The third kappa shape index (κ3) is 35.2. The Balaban J connectivity index is 0.000000172. The van der Waals surface area contributed by atoms with Crippen LogP contribution in [0.25, 0.3) is 0 Å². The first-order chi connectivity index (χ1) is 68.6. The molecule has 0 heterocycles. The fourth-order valence-electron chi connectivity index (χ4n) is 17.9. The quantitative estimate of drug-likeness (QED) is 0.0316. The molecule has 0 atom stereocenters. The highest BCUT2D eigenvalue weighted by Crippen LogP contribution is 2.41. The Bertz CT molecular complexity index is 6520. The molecule has 0 spiro atoms. The van der Waals surface area contributed by atoms with Gasteiger partial charge in [0.15, 0.2) is 0 Å². The lowest BCUT2D eigenvalue weighted by atomic mass is 9.78. The Morgan fingerprint density at radius 2 is 0.465 bits per heavy atom. The van der Waals surface area contributed by atoms with Gasteiger partial charge in [-0.1, -0.05) is 456 Å². The molecule has 144 heavy (non-hydrogen) atoms. The number of phenols is 4. The maximum atomic E-state index is 12.5. The smallest absolute Gasteiger partial charge is 0.341 e. The van der Waals surface area contributed by atoms with Crippen molar-refractivity contribution in [1.82, 2.24) is 0 Å². The van der Waals surface area contributed by atoms with Gasteiger partial charge >= 0.3 is 11.9 Å². The third-order valence-electron chi connectivity index (χ3n) is 26.5. The van der Waals surface area contributed by atoms with Crippen LogP contribution < -0.4 is 0 Å². The first-order valence-corrected chi connectivity index (χ1v) is 52.0. The summed E-state index contributed by atoms with van der Waals surface area (Å²) in [5, 5.41) is 42.7. The number of hydrogen-bond acceptors (Lipinski definition) is 8. The number of aryl methyl sites for hydroxylation is 13. The molecular weight excluding hydrogens is 1760 g/mol. The average molecular weight is 1920 g/mol. The van der Waals surface area contributed by atoms with Gasteiger partial charge in [0.1, 0.15) is 34.1 Å². The molecule has 0 aliphatic heterocycles. The molecule has 8 nitrogen and oxygen atoms in total. The lowest BCUT2D eigenvalue weighted by Crippen LogP contribution is -2.17. The molecule has 0 amide bonds. The Hall–Kier alpha value is -13.6. The molecule has 4 N–H and O–H groups in total. The number of hydrogen-bond donors (Lipinski definition) is 4. The Morgan fingerprint density at radius 3 is 0.771 bits per heavy atom. The van der Waals surface area contributed by atoms with Crippen molar-refractivity contribution in [3.63, 3.8) is 0 Å². The highest BCUT2D eigenvalue weighted by atomic mass is 16.5. The van der Waals surface area contributed by atoms with E-state index in [1.807, 2.05) is 65.8 Å². The minimum absolute atomic E-state index is 0.0140. The number of carbonyl (C=O) groups excluding carboxylic acids is 2. The van der Waals surface area contributed by atoms with Crippen LogP contribution in [0.3, 0.4) is 0 Å². The molecule has 0 aliphatic rings. The molecule has 0 aliphatic carbocycles. The van der Waals surface area contributed by atoms with E-state index < -0.39 is 11.9 Å². The second-order valence-electron chi connectivity index (χ2n) is 44.3. The summed E-state index contributed by atoms with van der Waals surface area (Å²) < 4.78 is 10.5. The van der Waals surface area contributed by atoms with Crippen molar-refractivity contribution in [2.75, 3.05) is 13.2 Å². The number of esters is 2. The lowest BCUT2D eigenvalue weighted by molar-refractivity contribution is 0.0492. The first kappa shape index (κ1) is 111. The van der Waals surface area contributed by atoms with E-state index in [9.17, 15) is 30.0 Å². The summed E-state index contributed by atoms with van der Waals surface area (Å²) in [5.74, 6) is 0.0688. The van der Waals surface area contributed by atoms with Crippen LogP contribution in [0.2, 0.25) is 0 Å². The largest absolute Gasteiger partial charge is 0.507 e. The molecule has 15 aromatic rings. The van der Waals surface area contributed by atoms with E-state index in [2.05, 4.69) is 400 Å². The molecule has 0 unspecified atom stereocenters. The van der Waals surface area contributed by atoms with E-state index in [-0.39, 0.29) is 49.7 Å². The number of aromatic hydroxyl groups is 4. The van der Waals surface area contributed by atoms with Gasteiger partial charge in [-0.3, -0.25) is 0 Å². The van der Waals surface area contributed by atoms with Gasteiger partial charge in [-0.2, -0.15) is 0 Å². The van der Waals surface area contributed by atoms with Crippen molar-refractivity contribution in [2.45, 2.75) is 275 Å². The average Bonchev–Trinajstić information content (AvgIpc) is 0.827. The van der Waals surface area contributed by atoms with Gasteiger partial charge in [0, 0.05) is 5.56 Å². The van der Waals surface area contributed by atoms with Crippen LogP contribution >= 0.6 is 0 Å². The second-order valence-corrected chi connectivity index (χ2v) is 44.3. The van der Waals surface area contributed by atoms with Crippen LogP contribution in [0, 0.1) is 20.8 Å². The molecule has 0 saturated carbocycles. The molecule has 0 radical (unpaired) electrons. The standard InChI is InChI=1S/C29H34O3.C29H36O.C26H28O3.C26H30O.C26H30/c1-5-17-32-28(31)25-19-24(20-26(27(25)30)29(2,3)4)16-13-21-11-14-23(15-12-21)18-22-9-7-6-8-10-22;1-28(2,3)25-19-24(27(30)26(20-25)29(4,5)6)17-16-21-12-14-23(15-13-21)18-22-10-8-7-9-11-22;1-3-15-29-26(28)24-18-23(16-19(2)25(24)27)14-11-20-9-12-22(13-10-20)17-21-7-5-4-6-8-21;1-19-16-23(25(27)24(17-19)26(2,3)4)15-14-20-10-12-22(13-11-20)18-21-8-6-5-7-9-21;1-20-16-24(19-25(17-20)26(2,3)4)15-12-21-10-13-23(14-11-21)18-22-8-6-5-7-9-22/h6-12,14-15,19-20,30H,5,13,16-18H2,1-4H3;7-15,19-20,30H,16-18H2,1-6H3;4-10,12-13,16,18,27H,3,11,14-15,17H2,1-2H3;5-13,16-17,27H,14-15,18H2,1-4H3;5-11,13-14,16-17,19H,12,15,18H2,1-4H3. The molecule has 8 heteroatoms. The summed E-state index contributed by atoms with van der Waals surface area (Å²) in [6.45, 7) is 43.4. The van der Waals surface area contributed by atoms with Crippen molar-refractivity contribution in [2.24, 2.45) is 0 Å². The summed E-state index contributed by atoms with van der Waals surface area (Å²) in [5.41, 5.74) is 34.7. The van der Waals surface area contributed by atoms with E-state index in [1.165, 1.54) is 111 Å². The van der Waals surface area contributed by atoms with Gasteiger partial charge in [-0.25, -0.2) is 9.59 Å². The zero-order valence-corrected chi connectivity index (χ0v) is 89.7. The number of carbonyl (C=O) groups is 2. The van der Waals surface area contributed by atoms with Gasteiger partial charge in [0.25, 0.3) is 0 Å². The zero-order valence-electron chi connectivity index (χ0n) is 89.7. The predicted octanol–water partition coefficient (Wildman–Crippen LogP) is 32.7. The molecule has 15 aromatic carbocycles. The Labute approximate surface area is 863 Å². The van der Waals surface area contributed by atoms with Crippen LogP contribution in [0.15, 0.2) is 340 Å². The molecule has 0 bridgehead atoms. The summed E-state index contributed by atoms with van der Waals surface area (Å²) in [4.78, 5) is 24.7. The molecule has 15 rings (SSSR count). The van der Waals surface area contributed by atoms with Crippen molar-refractivity contribution < 1.29 is 39.5 Å². The van der Waals surface area contributed by atoms with E-state index in [0.29, 0.717) is 30.3 Å². The fraction of sp³-hybridized carbons (Fsp3) is 0.324. The van der Waals surface area contributed by atoms with Gasteiger partial charge in [0.2, 0.25) is 0 Å². The lowest BCUT2D eigenvalue weighted by Gasteiger charge is -2.27. The number of benzene rings is 15. The summed E-state index contributed by atoms with van der Waals surface area (Å²) in [6.07, 6.45) is 15.4. The van der Waals surface area contributed by atoms with E-state index in [1.54, 1.807) is 12.1 Å². The summed E-state index contributed by atoms with van der Waals surface area (Å²) >= 11 is 0. The van der Waals surface area contributed by atoms with Crippen molar-refractivity contribution in [1.29, 1.82) is 0 Å². The third-order valence-corrected chi connectivity index (χ3v) is 26.5. The maximum absolute atomic E-state index is 12.5. The van der Waals surface area contributed by atoms with Crippen LogP contribution in [-0.2, 0) is 133 Å². The van der Waals surface area contributed by atoms with Crippen LogP contribution in [0.4, 0.5) is 0 Å². The SMILES string of the molecule is CC(C)(C)c1cc(CCc2ccc(Cc3ccccc3)cc2)c(O)c(C(C)(C)C)c1.CCCOC(=O)c1cc(CCc2ccc(Cc3ccccc3)cc2)cc(C(C)(C)C)c1O.CCCOC(=O)c1cc(CCc2ccc(Cc3ccccc3)cc2)cc(C)c1O.Cc1cc(CCc2ccc(Cc3ccccc3)cc2)c(O)c(C(C)(C)C)c1.Cc1cc(CCc2ccc(Cc3ccccc3)cc2)cc(C(C)(C)C)c1. The van der Waals surface area contributed by atoms with Gasteiger partial charge in [-0.05, 0) is 308 Å². The van der Waals surface area contributed by atoms with Gasteiger partial charge in [0.05, 0.1) is 13.2 Å². The van der Waals surface area contributed by atoms with Crippen molar-refractivity contribution in [3.8, 4) is 23.0 Å². The molecule has 0 fully saturated rings. The van der Waals surface area contributed by atoms with E-state index in [4.69, 9.17) is 9.47 Å². The van der Waals surface area contributed by atoms with Gasteiger partial charge < -0.3 is 29.9 Å². The minimum atomic E-state index is -0.459.